The zero-order valence-electron chi connectivity index (χ0n) is 9.35. The molecule has 18 heavy (non-hydrogen) atoms. The van der Waals surface area contributed by atoms with Crippen LogP contribution in [0.15, 0.2) is 12.1 Å². The fourth-order valence-corrected chi connectivity index (χ4v) is 1.43. The number of rotatable bonds is 4. The van der Waals surface area contributed by atoms with Gasteiger partial charge in [-0.2, -0.15) is 10.5 Å². The molecule has 1 aromatic carbocycles. The first-order chi connectivity index (χ1) is 8.51. The van der Waals surface area contributed by atoms with E-state index in [9.17, 15) is 9.18 Å². The van der Waals surface area contributed by atoms with Crippen LogP contribution in [-0.2, 0) is 0 Å². The number of nitriles is 2. The molecule has 0 atom stereocenters. The molecule has 0 unspecified atom stereocenters. The average Bonchev–Trinajstić information content (AvgIpc) is 2.28. The van der Waals surface area contributed by atoms with Crippen LogP contribution in [0.4, 0.5) is 15.8 Å². The molecule has 0 aliphatic heterocycles. The Kier molecular flexibility index (Phi) is 4.06. The van der Waals surface area contributed by atoms with Crippen LogP contribution >= 0.6 is 0 Å². The quantitative estimate of drug-likeness (QED) is 0.588. The minimum atomic E-state index is -0.803. The Morgan fingerprint density at radius 2 is 1.89 bits per heavy atom. The third kappa shape index (κ3) is 2.66. The van der Waals surface area contributed by atoms with Crippen LogP contribution in [0.5, 0.6) is 0 Å². The topological polar surface area (TPSA) is 120 Å². The van der Waals surface area contributed by atoms with Gasteiger partial charge in [0, 0.05) is 5.69 Å². The van der Waals surface area contributed by atoms with Crippen molar-refractivity contribution in [1.82, 2.24) is 0 Å². The molecule has 92 valence electrons. The van der Waals surface area contributed by atoms with E-state index in [4.69, 9.17) is 22.0 Å². The van der Waals surface area contributed by atoms with Gasteiger partial charge in [-0.1, -0.05) is 0 Å². The van der Waals surface area contributed by atoms with E-state index in [1.54, 1.807) is 12.1 Å². The molecular formula is C11H10FN5O. The molecule has 0 bridgehead atoms. The number of carbonyl (C=O) groups excluding carboxylic acids is 1. The Balaban J connectivity index is 3.30. The first kappa shape index (κ1) is 13.3. The van der Waals surface area contributed by atoms with Crippen molar-refractivity contribution in [1.29, 1.82) is 10.5 Å². The summed E-state index contributed by atoms with van der Waals surface area (Å²) in [6.45, 7) is -0.376. The molecule has 0 heterocycles. The molecule has 0 spiro atoms. The third-order valence-corrected chi connectivity index (χ3v) is 2.25. The Morgan fingerprint density at radius 3 is 2.33 bits per heavy atom. The number of nitrogens with two attached hydrogens (primary N) is 2. The summed E-state index contributed by atoms with van der Waals surface area (Å²) in [5.74, 6) is -1.52. The van der Waals surface area contributed by atoms with Gasteiger partial charge in [-0.3, -0.25) is 4.79 Å². The van der Waals surface area contributed by atoms with E-state index in [0.717, 1.165) is 12.1 Å². The van der Waals surface area contributed by atoms with Crippen molar-refractivity contribution in [2.24, 2.45) is 5.73 Å². The van der Waals surface area contributed by atoms with Gasteiger partial charge in [0.15, 0.2) is 0 Å². The van der Waals surface area contributed by atoms with Crippen LogP contribution in [0.2, 0.25) is 0 Å². The van der Waals surface area contributed by atoms with E-state index in [2.05, 4.69) is 0 Å². The highest BCUT2D eigenvalue weighted by Gasteiger charge is 2.16. The van der Waals surface area contributed by atoms with Crippen molar-refractivity contribution >= 4 is 17.3 Å². The second kappa shape index (κ2) is 5.51. The van der Waals surface area contributed by atoms with E-state index in [1.165, 1.54) is 4.90 Å². The number of amides is 1. The Labute approximate surface area is 103 Å². The number of halogens is 1. The number of hydrogen-bond donors (Lipinski definition) is 2. The van der Waals surface area contributed by atoms with Crippen LogP contribution in [0, 0.1) is 28.5 Å². The van der Waals surface area contributed by atoms with Crippen LogP contribution < -0.4 is 16.4 Å². The lowest BCUT2D eigenvalue weighted by molar-refractivity contribution is 0.100. The number of carbonyl (C=O) groups is 1. The van der Waals surface area contributed by atoms with Gasteiger partial charge in [0.2, 0.25) is 0 Å². The summed E-state index contributed by atoms with van der Waals surface area (Å²) in [5, 5.41) is 17.2. The van der Waals surface area contributed by atoms with E-state index in [-0.39, 0.29) is 30.0 Å². The lowest BCUT2D eigenvalue weighted by Crippen LogP contribution is -2.26. The molecule has 6 nitrogen and oxygen atoms in total. The molecule has 7 heteroatoms. The zero-order valence-corrected chi connectivity index (χ0v) is 9.35. The first-order valence-electron chi connectivity index (χ1n) is 4.89. The summed E-state index contributed by atoms with van der Waals surface area (Å²) >= 11 is 0. The molecule has 0 aliphatic rings. The Morgan fingerprint density at radius 1 is 1.33 bits per heavy atom. The van der Waals surface area contributed by atoms with Gasteiger partial charge in [-0.05, 0) is 12.1 Å². The standard InChI is InChI=1S/C11H10FN5O/c12-8-6-9(15)7(11(16)18)5-10(8)17(3-1-13)4-2-14/h5-6H,3-4,15H2,(H2,16,18). The van der Waals surface area contributed by atoms with Crippen LogP contribution in [0.25, 0.3) is 0 Å². The summed E-state index contributed by atoms with van der Waals surface area (Å²) in [6.07, 6.45) is 0. The highest BCUT2D eigenvalue weighted by Crippen LogP contribution is 2.25. The Hall–Kier alpha value is -2.80. The number of hydrogen-bond acceptors (Lipinski definition) is 5. The number of primary amides is 1. The number of nitrogens with zero attached hydrogens (tertiary/aromatic N) is 3. The predicted octanol–water partition coefficient (Wildman–Crippen LogP) is 0.360. The van der Waals surface area contributed by atoms with Gasteiger partial charge < -0.3 is 16.4 Å². The number of anilines is 2. The van der Waals surface area contributed by atoms with Gasteiger partial charge in [-0.25, -0.2) is 4.39 Å². The molecule has 0 fully saturated rings. The van der Waals surface area contributed by atoms with Gasteiger partial charge in [0.25, 0.3) is 5.91 Å². The maximum atomic E-state index is 13.7. The maximum absolute atomic E-state index is 13.7. The maximum Gasteiger partial charge on any atom is 0.250 e. The van der Waals surface area contributed by atoms with Crippen molar-refractivity contribution in [2.45, 2.75) is 0 Å². The summed E-state index contributed by atoms with van der Waals surface area (Å²) in [6, 6.07) is 5.69. The largest absolute Gasteiger partial charge is 0.398 e. The van der Waals surface area contributed by atoms with Crippen molar-refractivity contribution < 1.29 is 9.18 Å². The minimum absolute atomic E-state index is 0.0488. The summed E-state index contributed by atoms with van der Waals surface area (Å²) < 4.78 is 13.7. The fraction of sp³-hybridized carbons (Fsp3) is 0.182. The van der Waals surface area contributed by atoms with Gasteiger partial charge in [0.05, 0.1) is 23.4 Å². The van der Waals surface area contributed by atoms with E-state index in [1.807, 2.05) is 0 Å². The van der Waals surface area contributed by atoms with Crippen molar-refractivity contribution in [3.05, 3.63) is 23.5 Å². The molecule has 0 radical (unpaired) electrons. The number of nitrogen functional groups attached to an aromatic ring is 1. The first-order valence-corrected chi connectivity index (χ1v) is 4.89. The van der Waals surface area contributed by atoms with E-state index in [0.29, 0.717) is 0 Å². The van der Waals surface area contributed by atoms with Gasteiger partial charge in [-0.15, -0.1) is 0 Å². The van der Waals surface area contributed by atoms with Crippen LogP contribution in [-0.4, -0.2) is 19.0 Å². The monoisotopic (exact) mass is 247 g/mol. The predicted molar refractivity (Wildman–Crippen MR) is 62.8 cm³/mol. The molecule has 1 aromatic rings. The SMILES string of the molecule is N#CCN(CC#N)c1cc(C(N)=O)c(N)cc1F. The smallest absolute Gasteiger partial charge is 0.250 e. The fourth-order valence-electron chi connectivity index (χ4n) is 1.43. The molecule has 1 amide bonds. The van der Waals surface area contributed by atoms with Crippen molar-refractivity contribution in [3.63, 3.8) is 0 Å². The second-order valence-corrected chi connectivity index (χ2v) is 3.43. The van der Waals surface area contributed by atoms with Crippen molar-refractivity contribution in [3.8, 4) is 12.1 Å². The molecule has 0 saturated heterocycles. The summed E-state index contributed by atoms with van der Waals surface area (Å²) in [4.78, 5) is 12.3. The second-order valence-electron chi connectivity index (χ2n) is 3.43. The molecule has 0 aliphatic carbocycles. The molecular weight excluding hydrogens is 237 g/mol. The lowest BCUT2D eigenvalue weighted by Gasteiger charge is -2.19. The lowest BCUT2D eigenvalue weighted by atomic mass is 10.1. The zero-order chi connectivity index (χ0) is 13.7. The third-order valence-electron chi connectivity index (χ3n) is 2.25. The average molecular weight is 247 g/mol. The van der Waals surface area contributed by atoms with E-state index >= 15 is 0 Å². The molecule has 4 N–H and O–H groups in total. The number of benzene rings is 1. The highest BCUT2D eigenvalue weighted by atomic mass is 19.1. The van der Waals surface area contributed by atoms with Crippen molar-refractivity contribution in [2.75, 3.05) is 23.7 Å². The molecule has 0 aromatic heterocycles. The van der Waals surface area contributed by atoms with Gasteiger partial charge >= 0.3 is 0 Å². The molecule has 1 rings (SSSR count). The summed E-state index contributed by atoms with van der Waals surface area (Å²) in [7, 11) is 0. The molecule has 0 saturated carbocycles. The minimum Gasteiger partial charge on any atom is -0.398 e. The van der Waals surface area contributed by atoms with E-state index < -0.39 is 11.7 Å². The van der Waals surface area contributed by atoms with Gasteiger partial charge in [0.1, 0.15) is 18.9 Å². The van der Waals surface area contributed by atoms with Crippen LogP contribution in [0.3, 0.4) is 0 Å². The normalized spacial score (nSPS) is 9.28. The van der Waals surface area contributed by atoms with Crippen LogP contribution in [0.1, 0.15) is 10.4 Å². The Bertz CT molecular complexity index is 542. The highest BCUT2D eigenvalue weighted by molar-refractivity contribution is 5.99. The summed E-state index contributed by atoms with van der Waals surface area (Å²) in [5.41, 5.74) is 10.4.